The number of aromatic hydroxyl groups is 5. The van der Waals surface area contributed by atoms with Crippen molar-refractivity contribution in [3.05, 3.63) is 142 Å². The van der Waals surface area contributed by atoms with Crippen LogP contribution in [0.3, 0.4) is 0 Å². The first-order valence-electron chi connectivity index (χ1n) is 31.9. The minimum absolute atomic E-state index is 0.0260. The van der Waals surface area contributed by atoms with Crippen molar-refractivity contribution in [3.8, 4) is 74.4 Å². The van der Waals surface area contributed by atoms with Crippen LogP contribution in [0.25, 0.3) is 40.9 Å². The largest absolute Gasteiger partial charge is 0.508 e. The smallest absolute Gasteiger partial charge is 0.330 e. The molecule has 568 valence electrons. The minimum Gasteiger partial charge on any atom is -0.508 e. The number of carboxylic acid groups (broad SMARTS) is 1. The second-order valence-electron chi connectivity index (χ2n) is 24.2. The number of ether oxygens (including phenoxy) is 12. The molecule has 10 rings (SSSR count). The third kappa shape index (κ3) is 18.9. The fourth-order valence-electron chi connectivity index (χ4n) is 10.8. The molecule has 1 aliphatic carbocycles. The number of fused-ring (bicyclic) bond motifs is 1. The monoisotopic (exact) mass is 1490 g/mol. The number of benzene rings is 5. The van der Waals surface area contributed by atoms with Crippen LogP contribution in [0, 0.1) is 0 Å². The van der Waals surface area contributed by atoms with Crippen molar-refractivity contribution in [1.29, 1.82) is 0 Å². The van der Waals surface area contributed by atoms with Crippen molar-refractivity contribution in [3.63, 3.8) is 0 Å². The normalized spacial score (nSPS) is 28.9. The van der Waals surface area contributed by atoms with Gasteiger partial charge in [0, 0.05) is 35.9 Å². The van der Waals surface area contributed by atoms with Crippen molar-refractivity contribution in [1.82, 2.24) is 0 Å². The Morgan fingerprint density at radius 1 is 0.387 bits per heavy atom. The molecule has 0 bridgehead atoms. The molecule has 20 atom stereocenters. The van der Waals surface area contributed by atoms with E-state index in [2.05, 4.69) is 0 Å². The van der Waals surface area contributed by atoms with Crippen LogP contribution in [0.5, 0.6) is 51.7 Å². The molecule has 4 aromatic carbocycles. The highest BCUT2D eigenvalue weighted by Gasteiger charge is 2.50. The summed E-state index contributed by atoms with van der Waals surface area (Å²) in [5.41, 5.74) is -0.573. The lowest BCUT2D eigenvalue weighted by Crippen LogP contribution is -2.60. The number of aliphatic hydroxyl groups is 12. The molecule has 0 spiro atoms. The van der Waals surface area contributed by atoms with Crippen LogP contribution < -0.4 is 24.4 Å². The Labute approximate surface area is 595 Å². The first kappa shape index (κ1) is 78.0. The molecule has 4 fully saturated rings. The molecule has 0 unspecified atom stereocenters. The van der Waals surface area contributed by atoms with Crippen LogP contribution in [-0.2, 0) is 61.9 Å². The molecule has 0 aromatic heterocycles. The van der Waals surface area contributed by atoms with Gasteiger partial charge in [0.15, 0.2) is 51.4 Å². The molecule has 37 nitrogen and oxygen atoms in total. The number of carboxylic acids is 1. The molecule has 18 N–H and O–H groups in total. The maximum Gasteiger partial charge on any atom is 0.330 e. The van der Waals surface area contributed by atoms with E-state index in [-0.39, 0.29) is 28.2 Å². The summed E-state index contributed by atoms with van der Waals surface area (Å²) in [6.45, 7) is -3.13. The van der Waals surface area contributed by atoms with Gasteiger partial charge in [0.25, 0.3) is 0 Å². The Bertz CT molecular complexity index is 4230. The molecule has 37 heteroatoms. The van der Waals surface area contributed by atoms with E-state index in [1.54, 1.807) is 0 Å². The minimum atomic E-state index is -2.16. The zero-order valence-electron chi connectivity index (χ0n) is 54.6. The molecule has 0 saturated carbocycles. The number of hydrogen-bond acceptors (Lipinski definition) is 36. The molecule has 4 saturated heterocycles. The van der Waals surface area contributed by atoms with Crippen LogP contribution in [0.1, 0.15) is 23.1 Å². The number of carbonyl (C=O) groups is 5. The second kappa shape index (κ2) is 34.1. The van der Waals surface area contributed by atoms with E-state index in [4.69, 9.17) is 66.4 Å². The SMILES string of the molecule is O=C(O)CC(=O)OC[C@H]1O[C@@H](Oc2cc3c(=O)cc(O[C@@H]4O[C@H](COC(=O)C=Cc5ccc(O)cc5)[C@@H](O)[C@H](O)[C@H]4O)cc-3oc2-c2ccc(O)c(O[C@@H]3O[C@H](COC(=O)/C=C/c4ccc(O[C@@H]5O[C@H](COC(=O)C=Cc6ccc(O)c(O)c6)[C@@H](O)[C@H](O)[C@H]5O)c(O)c4)[C@@H](O)[C@H](O)[C@H]3O)c2)[C@H](O)[C@@H](O)[C@@H]1O. The summed E-state index contributed by atoms with van der Waals surface area (Å²) in [7, 11) is 0. The van der Waals surface area contributed by atoms with Crippen LogP contribution >= 0.6 is 0 Å². The summed E-state index contributed by atoms with van der Waals surface area (Å²) in [4.78, 5) is 75.5. The summed E-state index contributed by atoms with van der Waals surface area (Å²) in [6.07, 6.45) is -32.7. The molecular formula is C69H70O37. The third-order valence-electron chi connectivity index (χ3n) is 16.7. The van der Waals surface area contributed by atoms with E-state index in [9.17, 15) is 116 Å². The number of aliphatic carboxylic acids is 1. The third-order valence-corrected chi connectivity index (χ3v) is 16.7. The zero-order valence-corrected chi connectivity index (χ0v) is 54.6. The van der Waals surface area contributed by atoms with Gasteiger partial charge in [0.05, 0.1) is 5.56 Å². The van der Waals surface area contributed by atoms with E-state index in [1.165, 1.54) is 60.7 Å². The van der Waals surface area contributed by atoms with Crippen molar-refractivity contribution in [2.24, 2.45) is 0 Å². The van der Waals surface area contributed by atoms with Gasteiger partial charge < -0.3 is 153 Å². The molecule has 4 aromatic rings. The maximum absolute atomic E-state index is 14.0. The van der Waals surface area contributed by atoms with Gasteiger partial charge >= 0.3 is 29.8 Å². The van der Waals surface area contributed by atoms with Crippen molar-refractivity contribution < 1.29 is 177 Å². The summed E-state index contributed by atoms with van der Waals surface area (Å²) in [6, 6.07) is 19.1. The van der Waals surface area contributed by atoms with Crippen molar-refractivity contribution >= 4 is 48.1 Å². The Hall–Kier alpha value is -10.6. The molecular weight excluding hydrogens is 1420 g/mol. The van der Waals surface area contributed by atoms with E-state index < -0.39 is 243 Å². The predicted octanol–water partition coefficient (Wildman–Crippen LogP) is -2.53. The lowest BCUT2D eigenvalue weighted by molar-refractivity contribution is -0.278. The summed E-state index contributed by atoms with van der Waals surface area (Å²) in [5.74, 6) is -10.9. The molecule has 5 aliphatic heterocycles. The fraction of sp³-hybridized carbons (Fsp3) is 0.362. The maximum atomic E-state index is 14.0. The Morgan fingerprint density at radius 3 is 1.27 bits per heavy atom. The van der Waals surface area contributed by atoms with Crippen LogP contribution in [0.2, 0.25) is 0 Å². The Morgan fingerprint density at radius 2 is 0.802 bits per heavy atom. The molecule has 106 heavy (non-hydrogen) atoms. The van der Waals surface area contributed by atoms with Gasteiger partial charge in [-0.15, -0.1) is 0 Å². The number of aliphatic hydroxyl groups excluding tert-OH is 12. The number of hydrogen-bond donors (Lipinski definition) is 18. The first-order chi connectivity index (χ1) is 50.4. The van der Waals surface area contributed by atoms with E-state index in [0.29, 0.717) is 11.1 Å². The van der Waals surface area contributed by atoms with E-state index >= 15 is 0 Å². The highest BCUT2D eigenvalue weighted by molar-refractivity contribution is 5.90. The molecule has 6 aliphatic rings. The second-order valence-corrected chi connectivity index (χ2v) is 24.2. The lowest BCUT2D eigenvalue weighted by Gasteiger charge is -2.40. The van der Waals surface area contributed by atoms with Gasteiger partial charge in [-0.25, -0.2) is 14.4 Å². The Balaban J connectivity index is 0.829. The number of rotatable bonds is 25. The number of phenolic OH excluding ortho intramolecular Hbond substituents is 5. The number of carbonyl (C=O) groups excluding carboxylic acids is 4. The topological polar surface area (TPSA) is 590 Å². The van der Waals surface area contributed by atoms with Crippen LogP contribution in [0.4, 0.5) is 0 Å². The van der Waals surface area contributed by atoms with E-state index in [1.807, 2.05) is 0 Å². The van der Waals surface area contributed by atoms with Gasteiger partial charge in [-0.2, -0.15) is 0 Å². The average Bonchev–Trinajstić information content (AvgIpc) is 0.771. The average molecular weight is 1490 g/mol. The predicted molar refractivity (Wildman–Crippen MR) is 347 cm³/mol. The molecule has 0 amide bonds. The van der Waals surface area contributed by atoms with Crippen molar-refractivity contribution in [2.45, 2.75) is 129 Å². The van der Waals surface area contributed by atoms with E-state index in [0.717, 1.165) is 72.8 Å². The van der Waals surface area contributed by atoms with Crippen LogP contribution in [0.15, 0.2) is 125 Å². The summed E-state index contributed by atoms with van der Waals surface area (Å²) >= 11 is 0. The van der Waals surface area contributed by atoms with Crippen LogP contribution in [-0.4, -0.2) is 271 Å². The van der Waals surface area contributed by atoms with Gasteiger partial charge in [-0.1, -0.05) is 24.3 Å². The fourth-order valence-corrected chi connectivity index (χ4v) is 10.8. The lowest BCUT2D eigenvalue weighted by atomic mass is 9.99. The standard InChI is InChI=1S/C69H70O37/c70-32-9-1-28(2-10-32)5-14-49(78)94-24-44-53(82)57(86)61(90)66(103-44)98-33-20-37(73)34-22-43(102-69-64(93)60(89)56(85)47(106-69)27-97-52(81)23-48(76)77)65(99-41(34)21-33)31-8-12-36(72)42(19-31)101-68-63(92)59(88)55(84)46(105-68)26-96-51(80)16-7-30-4-13-40(39(75)18-30)100-67-62(91)58(87)54(83)45(104-67)25-95-50(79)15-6-29-3-11-35(71)38(74)17-29/h1-22,44-47,53-64,66-72,74-75,82-93H,23-27H2,(H,76,77)/b14-5?,15-6?,16-7+/t44-,45-,46-,47-,53-,54-,55-,56-,57+,58+,59+,60+,61-,62-,63-,64-,66-,67-,68-,69-/m1/s1. The first-order valence-corrected chi connectivity index (χ1v) is 31.9. The summed E-state index contributed by atoms with van der Waals surface area (Å²) in [5, 5.41) is 190. The van der Waals surface area contributed by atoms with Crippen molar-refractivity contribution in [2.75, 3.05) is 26.4 Å². The highest BCUT2D eigenvalue weighted by Crippen LogP contribution is 2.43. The van der Waals surface area contributed by atoms with Gasteiger partial charge in [-0.05, 0) is 95.6 Å². The van der Waals surface area contributed by atoms with Gasteiger partial charge in [0.1, 0.15) is 148 Å². The number of phenols is 5. The zero-order chi connectivity index (χ0) is 76.5. The quantitative estimate of drug-likeness (QED) is 0.00924. The Kier molecular flexibility index (Phi) is 25.1. The van der Waals surface area contributed by atoms with Gasteiger partial charge in [-0.3, -0.25) is 14.4 Å². The molecule has 5 heterocycles. The summed E-state index contributed by atoms with van der Waals surface area (Å²) < 4.78 is 72.7. The highest BCUT2D eigenvalue weighted by atomic mass is 16.7. The van der Waals surface area contributed by atoms with Gasteiger partial charge in [0.2, 0.25) is 25.2 Å². The number of esters is 4. The molecule has 0 radical (unpaired) electrons.